The monoisotopic (exact) mass is 391 g/mol. The molecule has 1 aliphatic rings. The van der Waals surface area contributed by atoms with Gasteiger partial charge in [0.1, 0.15) is 18.9 Å². The van der Waals surface area contributed by atoms with Crippen LogP contribution in [0, 0.1) is 0 Å². The highest BCUT2D eigenvalue weighted by atomic mass is 16.5. The Bertz CT molecular complexity index is 964. The quantitative estimate of drug-likeness (QED) is 0.702. The summed E-state index contributed by atoms with van der Waals surface area (Å²) in [5, 5.41) is 0. The molecule has 3 aromatic rings. The van der Waals surface area contributed by atoms with Gasteiger partial charge in [0.15, 0.2) is 5.76 Å². The summed E-state index contributed by atoms with van der Waals surface area (Å²) in [5.74, 6) is 0.965. The molecule has 0 unspecified atom stereocenters. The van der Waals surface area contributed by atoms with Crippen LogP contribution < -0.4 is 20.0 Å². The summed E-state index contributed by atoms with van der Waals surface area (Å²) in [7, 11) is 0. The second-order valence-corrected chi connectivity index (χ2v) is 7.49. The number of ether oxygens (including phenoxy) is 1. The van der Waals surface area contributed by atoms with E-state index in [0.717, 1.165) is 31.7 Å². The van der Waals surface area contributed by atoms with E-state index < -0.39 is 0 Å². The zero-order valence-corrected chi connectivity index (χ0v) is 16.7. The number of hydrogen-bond acceptors (Lipinski definition) is 4. The molecule has 29 heavy (non-hydrogen) atoms. The highest BCUT2D eigenvalue weighted by molar-refractivity contribution is 5.46. The summed E-state index contributed by atoms with van der Waals surface area (Å²) in [6.45, 7) is 6.67. The fraction of sp³-hybridized carbons (Fsp3) is 0.292. The summed E-state index contributed by atoms with van der Waals surface area (Å²) < 4.78 is 11.6. The summed E-state index contributed by atoms with van der Waals surface area (Å²) in [4.78, 5) is 16.3. The van der Waals surface area contributed by atoms with Crippen molar-refractivity contribution in [1.82, 2.24) is 0 Å². The van der Waals surface area contributed by atoms with Gasteiger partial charge in [-0.2, -0.15) is 0 Å². The van der Waals surface area contributed by atoms with E-state index in [0.29, 0.717) is 12.3 Å². The Morgan fingerprint density at radius 2 is 1.69 bits per heavy atom. The largest absolute Gasteiger partial charge is 0.479 e. The van der Waals surface area contributed by atoms with E-state index in [4.69, 9.17) is 9.15 Å². The number of nitrogens with one attached hydrogen (secondary N) is 1. The number of anilines is 1. The first-order chi connectivity index (χ1) is 14.2. The fourth-order valence-corrected chi connectivity index (χ4v) is 3.74. The van der Waals surface area contributed by atoms with Gasteiger partial charge in [0.2, 0.25) is 11.2 Å². The number of quaternary nitrogens is 1. The van der Waals surface area contributed by atoms with Crippen LogP contribution in [0.5, 0.6) is 5.75 Å². The van der Waals surface area contributed by atoms with Gasteiger partial charge >= 0.3 is 0 Å². The van der Waals surface area contributed by atoms with Crippen molar-refractivity contribution in [1.29, 1.82) is 0 Å². The van der Waals surface area contributed by atoms with Crippen LogP contribution in [0.15, 0.2) is 82.2 Å². The van der Waals surface area contributed by atoms with Crippen molar-refractivity contribution in [2.75, 3.05) is 31.1 Å². The molecule has 1 atom stereocenters. The van der Waals surface area contributed by atoms with Crippen LogP contribution in [0.25, 0.3) is 0 Å². The lowest BCUT2D eigenvalue weighted by atomic mass is 10.1. The van der Waals surface area contributed by atoms with Gasteiger partial charge in [0.05, 0.1) is 26.2 Å². The molecule has 5 nitrogen and oxygen atoms in total. The first kappa shape index (κ1) is 19.3. The zero-order valence-electron chi connectivity index (χ0n) is 16.7. The highest BCUT2D eigenvalue weighted by Crippen LogP contribution is 2.19. The van der Waals surface area contributed by atoms with Crippen molar-refractivity contribution in [2.24, 2.45) is 0 Å². The van der Waals surface area contributed by atoms with Crippen LogP contribution in [-0.2, 0) is 6.54 Å². The van der Waals surface area contributed by atoms with Gasteiger partial charge in [-0.25, -0.2) is 0 Å². The third kappa shape index (κ3) is 4.87. The molecule has 2 aromatic carbocycles. The minimum absolute atomic E-state index is 0.128. The van der Waals surface area contributed by atoms with Crippen molar-refractivity contribution < 1.29 is 14.1 Å². The number of benzene rings is 2. The fourth-order valence-electron chi connectivity index (χ4n) is 3.74. The van der Waals surface area contributed by atoms with Gasteiger partial charge in [-0.15, -0.1) is 0 Å². The molecule has 0 amide bonds. The van der Waals surface area contributed by atoms with Gasteiger partial charge < -0.3 is 19.0 Å². The van der Waals surface area contributed by atoms with E-state index in [1.165, 1.54) is 16.9 Å². The number of hydrogen-bond donors (Lipinski definition) is 1. The summed E-state index contributed by atoms with van der Waals surface area (Å²) in [6.07, 6.45) is 1.25. The Hall–Kier alpha value is -3.05. The van der Waals surface area contributed by atoms with Crippen LogP contribution in [-0.4, -0.2) is 26.2 Å². The van der Waals surface area contributed by atoms with Crippen LogP contribution in [0.4, 0.5) is 5.69 Å². The predicted octanol–water partition coefficient (Wildman–Crippen LogP) is 2.68. The van der Waals surface area contributed by atoms with E-state index in [1.54, 1.807) is 6.07 Å². The van der Waals surface area contributed by atoms with Crippen molar-refractivity contribution >= 4 is 5.69 Å². The topological polar surface area (TPSA) is 47.1 Å². The Morgan fingerprint density at radius 1 is 1.03 bits per heavy atom. The minimum Gasteiger partial charge on any atom is -0.479 e. The Labute approximate surface area is 171 Å². The van der Waals surface area contributed by atoms with E-state index in [1.807, 2.05) is 43.3 Å². The predicted molar refractivity (Wildman–Crippen MR) is 114 cm³/mol. The van der Waals surface area contributed by atoms with Crippen molar-refractivity contribution in [3.63, 3.8) is 0 Å². The molecule has 150 valence electrons. The SMILES string of the molecule is C[C@H](Oc1coc(C[NH+]2CCN(c3ccccc3)CC2)cc1=O)c1ccccc1. The maximum absolute atomic E-state index is 12.5. The van der Waals surface area contributed by atoms with Crippen molar-refractivity contribution in [3.05, 3.63) is 94.5 Å². The number of piperazine rings is 1. The Kier molecular flexibility index (Phi) is 5.96. The third-order valence-electron chi connectivity index (χ3n) is 5.44. The van der Waals surface area contributed by atoms with E-state index in [-0.39, 0.29) is 17.3 Å². The van der Waals surface area contributed by atoms with Gasteiger partial charge in [-0.3, -0.25) is 4.79 Å². The van der Waals surface area contributed by atoms with E-state index in [2.05, 4.69) is 29.2 Å². The third-order valence-corrected chi connectivity index (χ3v) is 5.44. The molecule has 0 saturated carbocycles. The first-order valence-electron chi connectivity index (χ1n) is 10.2. The van der Waals surface area contributed by atoms with Crippen molar-refractivity contribution in [3.8, 4) is 5.75 Å². The minimum atomic E-state index is -0.207. The van der Waals surface area contributed by atoms with Crippen LogP contribution in [0.3, 0.4) is 0 Å². The van der Waals surface area contributed by atoms with Crippen LogP contribution >= 0.6 is 0 Å². The molecule has 1 aliphatic heterocycles. The van der Waals surface area contributed by atoms with Crippen molar-refractivity contribution in [2.45, 2.75) is 19.6 Å². The number of rotatable bonds is 6. The Morgan fingerprint density at radius 3 is 2.34 bits per heavy atom. The zero-order chi connectivity index (χ0) is 20.1. The molecule has 4 rings (SSSR count). The lowest BCUT2D eigenvalue weighted by molar-refractivity contribution is -0.915. The smallest absolute Gasteiger partial charge is 0.227 e. The van der Waals surface area contributed by atoms with E-state index >= 15 is 0 Å². The molecule has 1 fully saturated rings. The second kappa shape index (κ2) is 8.97. The Balaban J connectivity index is 1.33. The van der Waals surface area contributed by atoms with Gasteiger partial charge in [-0.1, -0.05) is 48.5 Å². The molecule has 0 radical (unpaired) electrons. The highest BCUT2D eigenvalue weighted by Gasteiger charge is 2.21. The van der Waals surface area contributed by atoms with Crippen LogP contribution in [0.1, 0.15) is 24.4 Å². The molecule has 0 bridgehead atoms. The lowest BCUT2D eigenvalue weighted by Crippen LogP contribution is -3.13. The molecule has 1 N–H and O–H groups in total. The maximum atomic E-state index is 12.5. The summed E-state index contributed by atoms with van der Waals surface area (Å²) in [5.41, 5.74) is 2.17. The maximum Gasteiger partial charge on any atom is 0.227 e. The molecule has 0 spiro atoms. The molecule has 1 saturated heterocycles. The second-order valence-electron chi connectivity index (χ2n) is 7.49. The summed E-state index contributed by atoms with van der Waals surface area (Å²) in [6, 6.07) is 21.9. The average Bonchev–Trinajstić information content (AvgIpc) is 2.77. The molecular formula is C24H27N2O3+. The number of para-hydroxylation sites is 1. The van der Waals surface area contributed by atoms with E-state index in [9.17, 15) is 4.79 Å². The van der Waals surface area contributed by atoms with Gasteiger partial charge in [-0.05, 0) is 24.6 Å². The van der Waals surface area contributed by atoms with Gasteiger partial charge in [0, 0.05) is 11.8 Å². The molecule has 1 aromatic heterocycles. The average molecular weight is 391 g/mol. The standard InChI is InChI=1S/C24H26N2O3/c1-19(20-8-4-2-5-9-20)29-24-18-28-22(16-23(24)27)17-25-12-14-26(15-13-25)21-10-6-3-7-11-21/h2-11,16,18-19H,12-15,17H2,1H3/p+1/t19-/m0/s1. The molecular weight excluding hydrogens is 364 g/mol. The summed E-state index contributed by atoms with van der Waals surface area (Å²) >= 11 is 0. The van der Waals surface area contributed by atoms with Crippen LogP contribution in [0.2, 0.25) is 0 Å². The molecule has 2 heterocycles. The normalized spacial score (nSPS) is 15.8. The molecule has 5 heteroatoms. The first-order valence-corrected chi connectivity index (χ1v) is 10.2. The molecule has 0 aliphatic carbocycles. The number of nitrogens with zero attached hydrogens (tertiary/aromatic N) is 1. The lowest BCUT2D eigenvalue weighted by Gasteiger charge is -2.33. The van der Waals surface area contributed by atoms with Gasteiger partial charge in [0.25, 0.3) is 0 Å².